The quantitative estimate of drug-likeness (QED) is 0.793. The molecule has 1 aliphatic rings. The molecule has 0 bridgehead atoms. The molecule has 1 heterocycles. The zero-order valence-electron chi connectivity index (χ0n) is 7.78. The summed E-state index contributed by atoms with van der Waals surface area (Å²) in [6.07, 6.45) is 1.93. The summed E-state index contributed by atoms with van der Waals surface area (Å²) in [7, 11) is 0. The van der Waals surface area contributed by atoms with Gasteiger partial charge in [-0.05, 0) is 12.8 Å². The lowest BCUT2D eigenvalue weighted by Crippen LogP contribution is -2.19. The average Bonchev–Trinajstić information content (AvgIpc) is 2.61. The van der Waals surface area contributed by atoms with Crippen LogP contribution in [0.5, 0.6) is 0 Å². The maximum absolute atomic E-state index is 5.89. The fourth-order valence-corrected chi connectivity index (χ4v) is 1.02. The van der Waals surface area contributed by atoms with E-state index in [1.807, 2.05) is 13.8 Å². The molecule has 74 valence electrons. The third-order valence-electron chi connectivity index (χ3n) is 2.17. The van der Waals surface area contributed by atoms with E-state index in [-0.39, 0.29) is 17.9 Å². The molecule has 0 saturated heterocycles. The summed E-state index contributed by atoms with van der Waals surface area (Å²) in [5, 5.41) is 3.86. The summed E-state index contributed by atoms with van der Waals surface area (Å²) < 4.78 is 5.07. The second kappa shape index (κ2) is 3.27. The zero-order valence-corrected chi connectivity index (χ0v) is 8.60. The van der Waals surface area contributed by atoms with Gasteiger partial charge in [0, 0.05) is 5.92 Å². The summed E-state index contributed by atoms with van der Waals surface area (Å²) >= 11 is 0. The van der Waals surface area contributed by atoms with Crippen molar-refractivity contribution in [3.05, 3.63) is 11.7 Å². The summed E-state index contributed by atoms with van der Waals surface area (Å²) in [6, 6.07) is 0. The van der Waals surface area contributed by atoms with Crippen molar-refractivity contribution in [3.8, 4) is 0 Å². The summed E-state index contributed by atoms with van der Waals surface area (Å²) in [6.45, 7) is 4.06. The Morgan fingerprint density at radius 3 is 2.46 bits per heavy atom. The van der Waals surface area contributed by atoms with Crippen molar-refractivity contribution in [1.82, 2.24) is 10.1 Å². The van der Waals surface area contributed by atoms with Gasteiger partial charge in [0.05, 0.1) is 5.54 Å². The van der Waals surface area contributed by atoms with Crippen molar-refractivity contribution in [2.45, 2.75) is 38.1 Å². The molecule has 0 amide bonds. The van der Waals surface area contributed by atoms with Gasteiger partial charge >= 0.3 is 0 Å². The van der Waals surface area contributed by atoms with Crippen molar-refractivity contribution in [1.29, 1.82) is 0 Å². The van der Waals surface area contributed by atoms with E-state index in [4.69, 9.17) is 10.3 Å². The van der Waals surface area contributed by atoms with Gasteiger partial charge < -0.3 is 10.3 Å². The SMILES string of the molecule is CC(C)c1noc(C2(N)CC2)n1.Cl. The van der Waals surface area contributed by atoms with Gasteiger partial charge in [0.1, 0.15) is 0 Å². The predicted octanol–water partition coefficient (Wildman–Crippen LogP) is 1.56. The van der Waals surface area contributed by atoms with E-state index in [9.17, 15) is 0 Å². The van der Waals surface area contributed by atoms with Crippen molar-refractivity contribution >= 4 is 12.4 Å². The highest BCUT2D eigenvalue weighted by Gasteiger charge is 2.45. The predicted molar refractivity (Wildman–Crippen MR) is 50.7 cm³/mol. The highest BCUT2D eigenvalue weighted by atomic mass is 35.5. The number of aromatic nitrogens is 2. The van der Waals surface area contributed by atoms with Gasteiger partial charge in [-0.15, -0.1) is 12.4 Å². The van der Waals surface area contributed by atoms with Gasteiger partial charge in [-0.25, -0.2) is 0 Å². The van der Waals surface area contributed by atoms with E-state index in [1.54, 1.807) is 0 Å². The van der Waals surface area contributed by atoms with Crippen LogP contribution in [-0.4, -0.2) is 10.1 Å². The lowest BCUT2D eigenvalue weighted by molar-refractivity contribution is 0.343. The fraction of sp³-hybridized carbons (Fsp3) is 0.750. The Kier molecular flexibility index (Phi) is 2.63. The van der Waals surface area contributed by atoms with Crippen molar-refractivity contribution in [2.75, 3.05) is 0 Å². The molecule has 1 fully saturated rings. The Balaban J connectivity index is 0.000000845. The van der Waals surface area contributed by atoms with Crippen LogP contribution in [0.15, 0.2) is 4.52 Å². The van der Waals surface area contributed by atoms with Crippen LogP contribution in [0.25, 0.3) is 0 Å². The van der Waals surface area contributed by atoms with Crippen LogP contribution in [0.2, 0.25) is 0 Å². The van der Waals surface area contributed by atoms with E-state index in [0.29, 0.717) is 11.8 Å². The monoisotopic (exact) mass is 203 g/mol. The van der Waals surface area contributed by atoms with Gasteiger partial charge in [0.15, 0.2) is 5.82 Å². The molecule has 13 heavy (non-hydrogen) atoms. The van der Waals surface area contributed by atoms with Crippen LogP contribution in [-0.2, 0) is 5.54 Å². The maximum Gasteiger partial charge on any atom is 0.246 e. The molecule has 0 radical (unpaired) electrons. The largest absolute Gasteiger partial charge is 0.337 e. The molecule has 5 heteroatoms. The fourth-order valence-electron chi connectivity index (χ4n) is 1.02. The second-order valence-electron chi connectivity index (χ2n) is 3.77. The van der Waals surface area contributed by atoms with Gasteiger partial charge in [0.2, 0.25) is 5.89 Å². The zero-order chi connectivity index (χ0) is 8.77. The molecule has 0 aromatic carbocycles. The maximum atomic E-state index is 5.89. The minimum absolute atomic E-state index is 0. The van der Waals surface area contributed by atoms with Gasteiger partial charge in [0.25, 0.3) is 0 Å². The first-order valence-electron chi connectivity index (χ1n) is 4.25. The summed E-state index contributed by atoms with van der Waals surface area (Å²) in [4.78, 5) is 4.24. The minimum Gasteiger partial charge on any atom is -0.337 e. The van der Waals surface area contributed by atoms with Crippen LogP contribution >= 0.6 is 12.4 Å². The molecule has 0 atom stereocenters. The van der Waals surface area contributed by atoms with Gasteiger partial charge in [-0.1, -0.05) is 19.0 Å². The van der Waals surface area contributed by atoms with Crippen LogP contribution in [0, 0.1) is 0 Å². The molecule has 0 aliphatic heterocycles. The summed E-state index contributed by atoms with van der Waals surface area (Å²) in [5.41, 5.74) is 5.59. The number of rotatable bonds is 2. The number of nitrogens with two attached hydrogens (primary N) is 1. The normalized spacial score (nSPS) is 18.5. The van der Waals surface area contributed by atoms with E-state index in [0.717, 1.165) is 18.7 Å². The molecule has 0 unspecified atom stereocenters. The highest BCUT2D eigenvalue weighted by molar-refractivity contribution is 5.85. The second-order valence-corrected chi connectivity index (χ2v) is 3.77. The molecular weight excluding hydrogens is 190 g/mol. The molecule has 1 aromatic heterocycles. The molecule has 1 saturated carbocycles. The Hall–Kier alpha value is -0.610. The molecule has 4 nitrogen and oxygen atoms in total. The Labute approximate surface area is 83.3 Å². The number of hydrogen-bond donors (Lipinski definition) is 1. The third kappa shape index (κ3) is 1.84. The van der Waals surface area contributed by atoms with Crippen LogP contribution in [0.4, 0.5) is 0 Å². The first-order valence-corrected chi connectivity index (χ1v) is 4.25. The molecule has 2 rings (SSSR count). The van der Waals surface area contributed by atoms with E-state index in [2.05, 4.69) is 10.1 Å². The Bertz CT molecular complexity index is 293. The lowest BCUT2D eigenvalue weighted by Gasteiger charge is -1.98. The molecule has 0 spiro atoms. The van der Waals surface area contributed by atoms with Crippen molar-refractivity contribution in [3.63, 3.8) is 0 Å². The highest BCUT2D eigenvalue weighted by Crippen LogP contribution is 2.41. The number of hydrogen-bond acceptors (Lipinski definition) is 4. The lowest BCUT2D eigenvalue weighted by atomic mass is 10.2. The van der Waals surface area contributed by atoms with Crippen LogP contribution in [0.1, 0.15) is 44.3 Å². The van der Waals surface area contributed by atoms with E-state index >= 15 is 0 Å². The van der Waals surface area contributed by atoms with Crippen LogP contribution in [0.3, 0.4) is 0 Å². The Morgan fingerprint density at radius 1 is 1.46 bits per heavy atom. The van der Waals surface area contributed by atoms with Crippen molar-refractivity contribution < 1.29 is 4.52 Å². The van der Waals surface area contributed by atoms with Crippen molar-refractivity contribution in [2.24, 2.45) is 5.73 Å². The average molecular weight is 204 g/mol. The number of halogens is 1. The first kappa shape index (κ1) is 10.5. The third-order valence-corrected chi connectivity index (χ3v) is 2.17. The molecule has 1 aromatic rings. The molecular formula is C8H14ClN3O. The van der Waals surface area contributed by atoms with E-state index < -0.39 is 0 Å². The van der Waals surface area contributed by atoms with E-state index in [1.165, 1.54) is 0 Å². The minimum atomic E-state index is -0.292. The first-order chi connectivity index (χ1) is 5.62. The molecule has 1 aliphatic carbocycles. The standard InChI is InChI=1S/C8H13N3O.ClH/c1-5(2)6-10-7(12-11-6)8(9)3-4-8;/h5H,3-4,9H2,1-2H3;1H. The van der Waals surface area contributed by atoms with Gasteiger partial charge in [-0.2, -0.15) is 4.98 Å². The van der Waals surface area contributed by atoms with Gasteiger partial charge in [-0.3, -0.25) is 0 Å². The van der Waals surface area contributed by atoms with Crippen LogP contribution < -0.4 is 5.73 Å². The molecule has 2 N–H and O–H groups in total. The summed E-state index contributed by atoms with van der Waals surface area (Å²) in [5.74, 6) is 1.66. The number of nitrogens with zero attached hydrogens (tertiary/aromatic N) is 2. The topological polar surface area (TPSA) is 64.9 Å². The smallest absolute Gasteiger partial charge is 0.246 e. The Morgan fingerprint density at radius 2 is 2.08 bits per heavy atom.